The number of carbonyl (C=O) groups is 1. The largest absolute Gasteiger partial charge is 0.495 e. The van der Waals surface area contributed by atoms with Gasteiger partial charge >= 0.3 is 0 Å². The van der Waals surface area contributed by atoms with Gasteiger partial charge in [0.25, 0.3) is 5.91 Å². The standard InChI is InChI=1S/C16H15Cl2NO3/c1-10-6-7-13(21-2)12(8-10)19-15(20)9-22-14-5-3-4-11(17)16(14)18/h3-8H,9H2,1-2H3,(H,19,20). The van der Waals surface area contributed by atoms with Crippen LogP contribution in [-0.2, 0) is 4.79 Å². The van der Waals surface area contributed by atoms with Crippen LogP contribution in [0.3, 0.4) is 0 Å². The molecule has 22 heavy (non-hydrogen) atoms. The van der Waals surface area contributed by atoms with Crippen molar-refractivity contribution in [3.05, 3.63) is 52.0 Å². The van der Waals surface area contributed by atoms with Gasteiger partial charge in [0.05, 0.1) is 17.8 Å². The number of carbonyl (C=O) groups excluding carboxylic acids is 1. The van der Waals surface area contributed by atoms with E-state index < -0.39 is 0 Å². The summed E-state index contributed by atoms with van der Waals surface area (Å²) in [6.07, 6.45) is 0. The number of benzene rings is 2. The molecule has 1 amide bonds. The zero-order chi connectivity index (χ0) is 16.1. The van der Waals surface area contributed by atoms with Gasteiger partial charge in [-0.1, -0.05) is 35.3 Å². The van der Waals surface area contributed by atoms with Crippen molar-refractivity contribution in [2.24, 2.45) is 0 Å². The Morgan fingerprint density at radius 1 is 1.18 bits per heavy atom. The lowest BCUT2D eigenvalue weighted by atomic mass is 10.2. The Morgan fingerprint density at radius 2 is 1.95 bits per heavy atom. The molecule has 6 heteroatoms. The first-order chi connectivity index (χ1) is 10.5. The molecule has 0 aromatic heterocycles. The average molecular weight is 340 g/mol. The van der Waals surface area contributed by atoms with Crippen molar-refractivity contribution in [2.75, 3.05) is 19.0 Å². The summed E-state index contributed by atoms with van der Waals surface area (Å²) >= 11 is 11.9. The number of nitrogens with one attached hydrogen (secondary N) is 1. The van der Waals surface area contributed by atoms with Crippen LogP contribution in [0.4, 0.5) is 5.69 Å². The lowest BCUT2D eigenvalue weighted by Crippen LogP contribution is -2.20. The van der Waals surface area contributed by atoms with E-state index in [2.05, 4.69) is 5.32 Å². The number of aryl methyl sites for hydroxylation is 1. The van der Waals surface area contributed by atoms with Crippen LogP contribution >= 0.6 is 23.2 Å². The molecule has 116 valence electrons. The van der Waals surface area contributed by atoms with Gasteiger partial charge in [0, 0.05) is 0 Å². The van der Waals surface area contributed by atoms with E-state index in [4.69, 9.17) is 32.7 Å². The van der Waals surface area contributed by atoms with Crippen LogP contribution in [0.1, 0.15) is 5.56 Å². The molecule has 0 bridgehead atoms. The number of halogens is 2. The van der Waals surface area contributed by atoms with Gasteiger partial charge in [-0.15, -0.1) is 0 Å². The van der Waals surface area contributed by atoms with Crippen LogP contribution in [0.25, 0.3) is 0 Å². The summed E-state index contributed by atoms with van der Waals surface area (Å²) in [5.41, 5.74) is 1.60. The minimum atomic E-state index is -0.319. The molecule has 0 fully saturated rings. The van der Waals surface area contributed by atoms with Gasteiger partial charge in [-0.2, -0.15) is 0 Å². The van der Waals surface area contributed by atoms with Gasteiger partial charge in [0.2, 0.25) is 0 Å². The summed E-state index contributed by atoms with van der Waals surface area (Å²) in [6.45, 7) is 1.74. The van der Waals surface area contributed by atoms with Crippen LogP contribution in [0.5, 0.6) is 11.5 Å². The topological polar surface area (TPSA) is 47.6 Å². The number of rotatable bonds is 5. The number of methoxy groups -OCH3 is 1. The molecule has 0 atom stereocenters. The monoisotopic (exact) mass is 339 g/mol. The predicted octanol–water partition coefficient (Wildman–Crippen LogP) is 4.33. The maximum Gasteiger partial charge on any atom is 0.262 e. The Bertz CT molecular complexity index is 689. The number of hydrogen-bond acceptors (Lipinski definition) is 3. The third kappa shape index (κ3) is 4.06. The highest BCUT2D eigenvalue weighted by Crippen LogP contribution is 2.31. The quantitative estimate of drug-likeness (QED) is 0.881. The zero-order valence-corrected chi connectivity index (χ0v) is 13.7. The Morgan fingerprint density at radius 3 is 2.68 bits per heavy atom. The number of anilines is 1. The second-order valence-corrected chi connectivity index (χ2v) is 5.38. The average Bonchev–Trinajstić information content (AvgIpc) is 2.49. The first-order valence-corrected chi connectivity index (χ1v) is 7.28. The highest BCUT2D eigenvalue weighted by atomic mass is 35.5. The molecule has 0 saturated carbocycles. The molecule has 0 aliphatic rings. The minimum absolute atomic E-state index is 0.183. The minimum Gasteiger partial charge on any atom is -0.495 e. The SMILES string of the molecule is COc1ccc(C)cc1NC(=O)COc1cccc(Cl)c1Cl. The zero-order valence-electron chi connectivity index (χ0n) is 12.2. The van der Waals surface area contributed by atoms with E-state index in [-0.39, 0.29) is 17.5 Å². The van der Waals surface area contributed by atoms with Gasteiger partial charge in [-0.05, 0) is 36.8 Å². The van der Waals surface area contributed by atoms with E-state index in [0.29, 0.717) is 22.2 Å². The smallest absolute Gasteiger partial charge is 0.262 e. The van der Waals surface area contributed by atoms with E-state index in [1.54, 1.807) is 31.4 Å². The summed E-state index contributed by atoms with van der Waals surface area (Å²) in [6, 6.07) is 10.5. The molecule has 0 spiro atoms. The van der Waals surface area contributed by atoms with Gasteiger partial charge in [0.15, 0.2) is 6.61 Å². The van der Waals surface area contributed by atoms with E-state index >= 15 is 0 Å². The van der Waals surface area contributed by atoms with Crippen molar-refractivity contribution < 1.29 is 14.3 Å². The Labute approximate surface area is 138 Å². The lowest BCUT2D eigenvalue weighted by Gasteiger charge is -2.12. The van der Waals surface area contributed by atoms with E-state index in [1.807, 2.05) is 19.1 Å². The highest BCUT2D eigenvalue weighted by Gasteiger charge is 2.11. The molecule has 0 heterocycles. The van der Waals surface area contributed by atoms with Crippen LogP contribution < -0.4 is 14.8 Å². The van der Waals surface area contributed by atoms with E-state index in [1.165, 1.54) is 0 Å². The maximum absolute atomic E-state index is 12.0. The summed E-state index contributed by atoms with van der Waals surface area (Å²) in [4.78, 5) is 12.0. The molecule has 4 nitrogen and oxygen atoms in total. The molecule has 0 aliphatic heterocycles. The summed E-state index contributed by atoms with van der Waals surface area (Å²) in [7, 11) is 1.54. The predicted molar refractivity (Wildman–Crippen MR) is 88.3 cm³/mol. The van der Waals surface area contributed by atoms with Crippen molar-refractivity contribution in [3.63, 3.8) is 0 Å². The van der Waals surface area contributed by atoms with Crippen LogP contribution in [-0.4, -0.2) is 19.6 Å². The third-order valence-corrected chi connectivity index (χ3v) is 3.71. The summed E-state index contributed by atoms with van der Waals surface area (Å²) in [5.74, 6) is 0.625. The molecule has 0 aliphatic carbocycles. The molecule has 2 aromatic carbocycles. The molecule has 0 saturated heterocycles. The molecular weight excluding hydrogens is 325 g/mol. The Balaban J connectivity index is 2.02. The molecule has 2 aromatic rings. The van der Waals surface area contributed by atoms with Crippen molar-refractivity contribution in [1.29, 1.82) is 0 Å². The second kappa shape index (κ2) is 7.38. The second-order valence-electron chi connectivity index (χ2n) is 4.59. The molecular formula is C16H15Cl2NO3. The lowest BCUT2D eigenvalue weighted by molar-refractivity contribution is -0.118. The first kappa shape index (κ1) is 16.5. The van der Waals surface area contributed by atoms with E-state index in [0.717, 1.165) is 5.56 Å². The van der Waals surface area contributed by atoms with Gasteiger partial charge in [0.1, 0.15) is 16.5 Å². The molecule has 0 unspecified atom stereocenters. The number of hydrogen-bond donors (Lipinski definition) is 1. The maximum atomic E-state index is 12.0. The molecule has 0 radical (unpaired) electrons. The number of ether oxygens (including phenoxy) is 2. The first-order valence-electron chi connectivity index (χ1n) is 6.52. The third-order valence-electron chi connectivity index (χ3n) is 2.90. The van der Waals surface area contributed by atoms with Crippen LogP contribution in [0, 0.1) is 6.92 Å². The Kier molecular flexibility index (Phi) is 5.52. The van der Waals surface area contributed by atoms with Crippen molar-refractivity contribution in [3.8, 4) is 11.5 Å². The van der Waals surface area contributed by atoms with E-state index in [9.17, 15) is 4.79 Å². The Hall–Kier alpha value is -1.91. The summed E-state index contributed by atoms with van der Waals surface area (Å²) < 4.78 is 10.6. The fourth-order valence-corrected chi connectivity index (χ4v) is 2.19. The fourth-order valence-electron chi connectivity index (χ4n) is 1.84. The number of amides is 1. The van der Waals surface area contributed by atoms with Gasteiger partial charge < -0.3 is 14.8 Å². The van der Waals surface area contributed by atoms with Crippen LogP contribution in [0.15, 0.2) is 36.4 Å². The molecule has 2 rings (SSSR count). The van der Waals surface area contributed by atoms with Crippen molar-refractivity contribution >= 4 is 34.8 Å². The summed E-state index contributed by atoms with van der Waals surface area (Å²) in [5, 5.41) is 3.40. The molecule has 1 N–H and O–H groups in total. The van der Waals surface area contributed by atoms with Crippen LogP contribution in [0.2, 0.25) is 10.0 Å². The van der Waals surface area contributed by atoms with Crippen molar-refractivity contribution in [1.82, 2.24) is 0 Å². The fraction of sp³-hybridized carbons (Fsp3) is 0.188. The van der Waals surface area contributed by atoms with Gasteiger partial charge in [-0.3, -0.25) is 4.79 Å². The van der Waals surface area contributed by atoms with Gasteiger partial charge in [-0.25, -0.2) is 0 Å². The highest BCUT2D eigenvalue weighted by molar-refractivity contribution is 6.42. The van der Waals surface area contributed by atoms with Crippen molar-refractivity contribution in [2.45, 2.75) is 6.92 Å². The normalized spacial score (nSPS) is 10.2.